The summed E-state index contributed by atoms with van der Waals surface area (Å²) in [6.07, 6.45) is 0.689. The Morgan fingerprint density at radius 1 is 1.54 bits per heavy atom. The average Bonchev–Trinajstić information content (AvgIpc) is 2.96. The molecule has 1 aliphatic heterocycles. The second-order valence-corrected chi connectivity index (χ2v) is 5.80. The van der Waals surface area contributed by atoms with Crippen molar-refractivity contribution in [3.8, 4) is 0 Å². The lowest BCUT2D eigenvalue weighted by molar-refractivity contribution is 0.0685. The highest BCUT2D eigenvalue weighted by molar-refractivity contribution is 5.94. The number of hydrogen-bond donors (Lipinski definition) is 3. The maximum Gasteiger partial charge on any atom is 0.352 e. The highest BCUT2D eigenvalue weighted by atomic mass is 19.1. The molecule has 1 fully saturated rings. The molecular formula is C15H18FN5O3. The summed E-state index contributed by atoms with van der Waals surface area (Å²) >= 11 is 0. The van der Waals surface area contributed by atoms with E-state index < -0.39 is 17.2 Å². The minimum atomic E-state index is -1.26. The molecule has 2 aromatic heterocycles. The first-order valence-corrected chi connectivity index (χ1v) is 7.61. The lowest BCUT2D eigenvalue weighted by atomic mass is 10.2. The average molecular weight is 335 g/mol. The molecule has 0 spiro atoms. The lowest BCUT2D eigenvalue weighted by Crippen LogP contribution is -2.29. The highest BCUT2D eigenvalue weighted by Gasteiger charge is 2.27. The van der Waals surface area contributed by atoms with E-state index in [2.05, 4.69) is 4.98 Å². The van der Waals surface area contributed by atoms with Crippen LogP contribution in [0.25, 0.3) is 11.0 Å². The van der Waals surface area contributed by atoms with Crippen LogP contribution in [0, 0.1) is 5.82 Å². The van der Waals surface area contributed by atoms with E-state index in [1.807, 2.05) is 0 Å². The van der Waals surface area contributed by atoms with Gasteiger partial charge < -0.3 is 26.0 Å². The van der Waals surface area contributed by atoms with Gasteiger partial charge in [-0.3, -0.25) is 4.79 Å². The summed E-state index contributed by atoms with van der Waals surface area (Å²) in [5, 5.41) is 9.20. The number of rotatable bonds is 3. The number of aryl methyl sites for hydroxylation is 1. The Bertz CT molecular complexity index is 895. The summed E-state index contributed by atoms with van der Waals surface area (Å²) < 4.78 is 16.0. The molecule has 0 bridgehead atoms. The lowest BCUT2D eigenvalue weighted by Gasteiger charge is -2.21. The summed E-state index contributed by atoms with van der Waals surface area (Å²) in [6, 6.07) is 0.846. The van der Waals surface area contributed by atoms with Crippen molar-refractivity contribution in [3.05, 3.63) is 27.8 Å². The Hall–Kier alpha value is -2.68. The summed E-state index contributed by atoms with van der Waals surface area (Å²) in [5.41, 5.74) is 10.6. The molecule has 2 aromatic rings. The predicted octanol–water partition coefficient (Wildman–Crippen LogP) is 0.373. The van der Waals surface area contributed by atoms with E-state index in [1.54, 1.807) is 11.8 Å². The Labute approximate surface area is 136 Å². The number of fused-ring (bicyclic) bond motifs is 1. The molecule has 0 aliphatic carbocycles. The Balaban J connectivity index is 2.36. The maximum atomic E-state index is 14.7. The number of anilines is 2. The van der Waals surface area contributed by atoms with Gasteiger partial charge in [0.25, 0.3) is 0 Å². The number of pyridine rings is 2. The standard InChI is InChI=1S/C15H18FN5O3/c1-2-21-8(15(23)24)5-9(22)10-12(18)11(16)14(19-13(10)21)20-4-3-7(17)6-20/h5,7H,2-4,6,17H2,1H3,(H2,18,19)(H,23,24). The van der Waals surface area contributed by atoms with Gasteiger partial charge >= 0.3 is 5.97 Å². The number of nitrogens with two attached hydrogens (primary N) is 2. The van der Waals surface area contributed by atoms with Crippen molar-refractivity contribution < 1.29 is 14.3 Å². The summed E-state index contributed by atoms with van der Waals surface area (Å²) in [4.78, 5) is 29.5. The van der Waals surface area contributed by atoms with Crippen LogP contribution < -0.4 is 21.8 Å². The van der Waals surface area contributed by atoms with Gasteiger partial charge in [-0.1, -0.05) is 0 Å². The topological polar surface area (TPSA) is 127 Å². The van der Waals surface area contributed by atoms with Crippen molar-refractivity contribution in [1.82, 2.24) is 9.55 Å². The van der Waals surface area contributed by atoms with Crippen molar-refractivity contribution in [2.75, 3.05) is 23.7 Å². The van der Waals surface area contributed by atoms with Crippen molar-refractivity contribution in [2.24, 2.45) is 5.73 Å². The number of halogens is 1. The van der Waals surface area contributed by atoms with Gasteiger partial charge in [0.1, 0.15) is 11.3 Å². The van der Waals surface area contributed by atoms with Gasteiger partial charge in [-0.25, -0.2) is 14.2 Å². The van der Waals surface area contributed by atoms with E-state index in [4.69, 9.17) is 11.5 Å². The van der Waals surface area contributed by atoms with Gasteiger partial charge in [0.05, 0.1) is 11.1 Å². The highest BCUT2D eigenvalue weighted by Crippen LogP contribution is 2.30. The molecule has 9 heteroatoms. The molecule has 1 atom stereocenters. The minimum Gasteiger partial charge on any atom is -0.477 e. The number of hydrogen-bond acceptors (Lipinski definition) is 6. The predicted molar refractivity (Wildman–Crippen MR) is 87.8 cm³/mol. The van der Waals surface area contributed by atoms with Crippen LogP contribution in [0.4, 0.5) is 15.9 Å². The zero-order chi connectivity index (χ0) is 17.6. The largest absolute Gasteiger partial charge is 0.477 e. The van der Waals surface area contributed by atoms with E-state index in [9.17, 15) is 19.1 Å². The summed E-state index contributed by atoms with van der Waals surface area (Å²) in [6.45, 7) is 2.90. The molecule has 5 N–H and O–H groups in total. The fourth-order valence-electron chi connectivity index (χ4n) is 3.07. The van der Waals surface area contributed by atoms with Crippen LogP contribution in [0.1, 0.15) is 23.8 Å². The Kier molecular flexibility index (Phi) is 3.88. The first-order valence-electron chi connectivity index (χ1n) is 7.61. The second kappa shape index (κ2) is 5.75. The molecule has 3 heterocycles. The molecule has 0 saturated carbocycles. The zero-order valence-corrected chi connectivity index (χ0v) is 13.1. The third-order valence-electron chi connectivity index (χ3n) is 4.26. The molecule has 24 heavy (non-hydrogen) atoms. The molecule has 1 aliphatic rings. The molecule has 1 unspecified atom stereocenters. The van der Waals surface area contributed by atoms with Crippen LogP contribution in [0.5, 0.6) is 0 Å². The number of aromatic nitrogens is 2. The molecule has 3 rings (SSSR count). The van der Waals surface area contributed by atoms with Gasteiger partial charge in [-0.15, -0.1) is 0 Å². The van der Waals surface area contributed by atoms with Crippen LogP contribution in [-0.2, 0) is 6.54 Å². The van der Waals surface area contributed by atoms with E-state index in [0.717, 1.165) is 6.07 Å². The van der Waals surface area contributed by atoms with Gasteiger partial charge in [-0.05, 0) is 13.3 Å². The second-order valence-electron chi connectivity index (χ2n) is 5.80. The molecule has 8 nitrogen and oxygen atoms in total. The quantitative estimate of drug-likeness (QED) is 0.739. The van der Waals surface area contributed by atoms with E-state index in [0.29, 0.717) is 19.5 Å². The minimum absolute atomic E-state index is 0.00270. The van der Waals surface area contributed by atoms with Gasteiger partial charge in [0, 0.05) is 31.7 Å². The van der Waals surface area contributed by atoms with Crippen LogP contribution in [0.15, 0.2) is 10.9 Å². The number of aromatic carboxylic acids is 1. The van der Waals surface area contributed by atoms with Crippen molar-refractivity contribution in [3.63, 3.8) is 0 Å². The molecule has 0 radical (unpaired) electrons. The van der Waals surface area contributed by atoms with Crippen molar-refractivity contribution >= 4 is 28.5 Å². The van der Waals surface area contributed by atoms with Crippen molar-refractivity contribution in [2.45, 2.75) is 25.9 Å². The number of nitrogen functional groups attached to an aromatic ring is 1. The number of nitrogens with zero attached hydrogens (tertiary/aromatic N) is 3. The molecule has 0 aromatic carbocycles. The van der Waals surface area contributed by atoms with Crippen LogP contribution >= 0.6 is 0 Å². The number of carboxylic acids is 1. The zero-order valence-electron chi connectivity index (χ0n) is 13.1. The molecule has 128 valence electrons. The summed E-state index contributed by atoms with van der Waals surface area (Å²) in [5.74, 6) is -2.04. The fraction of sp³-hybridized carbons (Fsp3) is 0.400. The SMILES string of the molecule is CCn1c(C(=O)O)cc(=O)c2c(N)c(F)c(N3CCC(N)C3)nc21. The van der Waals surface area contributed by atoms with Crippen LogP contribution in [0.2, 0.25) is 0 Å². The van der Waals surface area contributed by atoms with Gasteiger partial charge in [-0.2, -0.15) is 0 Å². The molecular weight excluding hydrogens is 317 g/mol. The Morgan fingerprint density at radius 2 is 2.25 bits per heavy atom. The smallest absolute Gasteiger partial charge is 0.352 e. The van der Waals surface area contributed by atoms with E-state index in [1.165, 1.54) is 4.57 Å². The summed E-state index contributed by atoms with van der Waals surface area (Å²) in [7, 11) is 0. The van der Waals surface area contributed by atoms with Crippen molar-refractivity contribution in [1.29, 1.82) is 0 Å². The first-order chi connectivity index (χ1) is 11.3. The number of carbonyl (C=O) groups is 1. The van der Waals surface area contributed by atoms with Crippen LogP contribution in [0.3, 0.4) is 0 Å². The third kappa shape index (κ3) is 2.37. The molecule has 1 saturated heterocycles. The van der Waals surface area contributed by atoms with E-state index >= 15 is 0 Å². The number of carboxylic acid groups (broad SMARTS) is 1. The van der Waals surface area contributed by atoms with Gasteiger partial charge in [0.2, 0.25) is 0 Å². The van der Waals surface area contributed by atoms with Crippen LogP contribution in [-0.4, -0.2) is 39.8 Å². The monoisotopic (exact) mass is 335 g/mol. The molecule has 0 amide bonds. The van der Waals surface area contributed by atoms with E-state index in [-0.39, 0.29) is 40.8 Å². The van der Waals surface area contributed by atoms with Gasteiger partial charge in [0.15, 0.2) is 17.1 Å². The maximum absolute atomic E-state index is 14.7. The third-order valence-corrected chi connectivity index (χ3v) is 4.26. The normalized spacial score (nSPS) is 17.6. The Morgan fingerprint density at radius 3 is 2.79 bits per heavy atom. The fourth-order valence-corrected chi connectivity index (χ4v) is 3.07. The first kappa shape index (κ1) is 16.2.